The largest absolute Gasteiger partial charge is 0.379 e. The summed E-state index contributed by atoms with van der Waals surface area (Å²) in [7, 11) is 0. The number of aliphatic imine (C=N–C) groups is 1. The van der Waals surface area contributed by atoms with Gasteiger partial charge in [-0.3, -0.25) is 0 Å². The second kappa shape index (κ2) is 13.8. The number of guanidine groups is 1. The van der Waals surface area contributed by atoms with Gasteiger partial charge in [-0.1, -0.05) is 25.4 Å². The Kier molecular flexibility index (Phi) is 11.8. The standard InChI is InChI=1S/C17H32N4O3/c1-4-7-9-22-11-12-23-10-8-19-17(18-6-3)20-14-16-13-15(5-2)21-24-16/h13H,4-12,14H2,1-3H3,(H2,18,19,20). The monoisotopic (exact) mass is 340 g/mol. The number of hydrogen-bond acceptors (Lipinski definition) is 5. The Bertz CT molecular complexity index is 449. The summed E-state index contributed by atoms with van der Waals surface area (Å²) in [5.41, 5.74) is 0.952. The van der Waals surface area contributed by atoms with Crippen LogP contribution in [0.15, 0.2) is 15.6 Å². The lowest BCUT2D eigenvalue weighted by atomic mass is 10.3. The molecule has 0 unspecified atom stereocenters. The van der Waals surface area contributed by atoms with Gasteiger partial charge in [-0.25, -0.2) is 4.99 Å². The van der Waals surface area contributed by atoms with Crippen molar-refractivity contribution >= 4 is 5.96 Å². The molecule has 1 aromatic rings. The first-order valence-electron chi connectivity index (χ1n) is 8.92. The molecule has 7 heteroatoms. The molecule has 2 N–H and O–H groups in total. The third-order valence-corrected chi connectivity index (χ3v) is 3.26. The van der Waals surface area contributed by atoms with E-state index in [1.54, 1.807) is 0 Å². The third kappa shape index (κ3) is 9.52. The Morgan fingerprint density at radius 1 is 1.12 bits per heavy atom. The Hall–Kier alpha value is -1.60. The minimum Gasteiger partial charge on any atom is -0.379 e. The van der Waals surface area contributed by atoms with Crippen LogP contribution in [0.5, 0.6) is 0 Å². The fraction of sp³-hybridized carbons (Fsp3) is 0.765. The van der Waals surface area contributed by atoms with Crippen LogP contribution in [0, 0.1) is 0 Å². The second-order valence-electron chi connectivity index (χ2n) is 5.34. The SMILES string of the molecule is CCCCOCCOCCNC(=NCc1cc(CC)no1)NCC. The van der Waals surface area contributed by atoms with E-state index in [4.69, 9.17) is 14.0 Å². The van der Waals surface area contributed by atoms with Gasteiger partial charge < -0.3 is 24.6 Å². The molecule has 0 aliphatic heterocycles. The van der Waals surface area contributed by atoms with Gasteiger partial charge >= 0.3 is 0 Å². The van der Waals surface area contributed by atoms with Gasteiger partial charge in [0, 0.05) is 25.8 Å². The van der Waals surface area contributed by atoms with Crippen LogP contribution in [0.1, 0.15) is 45.1 Å². The molecular formula is C17H32N4O3. The summed E-state index contributed by atoms with van der Waals surface area (Å²) in [6.07, 6.45) is 3.13. The number of aromatic nitrogens is 1. The Morgan fingerprint density at radius 3 is 2.58 bits per heavy atom. The predicted octanol–water partition coefficient (Wildman–Crippen LogP) is 2.13. The quantitative estimate of drug-likeness (QED) is 0.325. The van der Waals surface area contributed by atoms with Crippen molar-refractivity contribution in [2.75, 3.05) is 39.5 Å². The zero-order valence-corrected chi connectivity index (χ0v) is 15.3. The predicted molar refractivity (Wildman–Crippen MR) is 95.2 cm³/mol. The minimum atomic E-state index is 0.467. The molecular weight excluding hydrogens is 308 g/mol. The summed E-state index contributed by atoms with van der Waals surface area (Å²) in [5, 5.41) is 10.4. The van der Waals surface area contributed by atoms with Gasteiger partial charge in [0.15, 0.2) is 11.7 Å². The number of aryl methyl sites for hydroxylation is 1. The molecule has 0 saturated carbocycles. The van der Waals surface area contributed by atoms with Crippen LogP contribution < -0.4 is 10.6 Å². The van der Waals surface area contributed by atoms with E-state index in [1.807, 2.05) is 19.9 Å². The first-order valence-corrected chi connectivity index (χ1v) is 8.92. The van der Waals surface area contributed by atoms with Crippen LogP contribution in [-0.2, 0) is 22.4 Å². The van der Waals surface area contributed by atoms with Gasteiger partial charge in [-0.05, 0) is 19.8 Å². The molecule has 0 saturated heterocycles. The molecule has 0 aliphatic carbocycles. The summed E-state index contributed by atoms with van der Waals surface area (Å²) in [6.45, 7) is 10.9. The molecule has 0 aliphatic rings. The molecule has 0 radical (unpaired) electrons. The average Bonchev–Trinajstić information content (AvgIpc) is 3.06. The number of unbranched alkanes of at least 4 members (excludes halogenated alkanes) is 1. The molecule has 1 heterocycles. The van der Waals surface area contributed by atoms with Crippen LogP contribution in [0.4, 0.5) is 0 Å². The summed E-state index contributed by atoms with van der Waals surface area (Å²) >= 11 is 0. The van der Waals surface area contributed by atoms with E-state index in [0.29, 0.717) is 32.9 Å². The number of nitrogens with one attached hydrogen (secondary N) is 2. The van der Waals surface area contributed by atoms with Crippen molar-refractivity contribution in [3.8, 4) is 0 Å². The molecule has 0 bridgehead atoms. The van der Waals surface area contributed by atoms with Gasteiger partial charge in [0.05, 0.1) is 25.5 Å². The van der Waals surface area contributed by atoms with Crippen LogP contribution in [0.3, 0.4) is 0 Å². The number of nitrogens with zero attached hydrogens (tertiary/aromatic N) is 2. The van der Waals surface area contributed by atoms with Gasteiger partial charge in [0.25, 0.3) is 0 Å². The molecule has 0 aromatic carbocycles. The normalized spacial score (nSPS) is 11.7. The van der Waals surface area contributed by atoms with E-state index in [2.05, 4.69) is 27.7 Å². The maximum atomic E-state index is 5.52. The van der Waals surface area contributed by atoms with Gasteiger partial charge in [0.2, 0.25) is 0 Å². The van der Waals surface area contributed by atoms with E-state index in [1.165, 1.54) is 0 Å². The fourth-order valence-electron chi connectivity index (χ4n) is 1.91. The van der Waals surface area contributed by atoms with Crippen LogP contribution in [0.25, 0.3) is 0 Å². The lowest BCUT2D eigenvalue weighted by Crippen LogP contribution is -2.39. The Balaban J connectivity index is 2.17. The molecule has 0 spiro atoms. The highest BCUT2D eigenvalue weighted by Gasteiger charge is 2.03. The average molecular weight is 340 g/mol. The molecule has 0 atom stereocenters. The molecule has 0 amide bonds. The Morgan fingerprint density at radius 2 is 1.92 bits per heavy atom. The van der Waals surface area contributed by atoms with Gasteiger partial charge in [0.1, 0.15) is 6.54 Å². The smallest absolute Gasteiger partial charge is 0.191 e. The number of hydrogen-bond donors (Lipinski definition) is 2. The van der Waals surface area contributed by atoms with E-state index in [9.17, 15) is 0 Å². The zero-order chi connectivity index (χ0) is 17.5. The van der Waals surface area contributed by atoms with Crippen molar-refractivity contribution in [1.82, 2.24) is 15.8 Å². The lowest BCUT2D eigenvalue weighted by Gasteiger charge is -2.11. The highest BCUT2D eigenvalue weighted by molar-refractivity contribution is 5.79. The maximum absolute atomic E-state index is 5.52. The maximum Gasteiger partial charge on any atom is 0.191 e. The first kappa shape index (κ1) is 20.4. The first-order chi connectivity index (χ1) is 11.8. The molecule has 7 nitrogen and oxygen atoms in total. The molecule has 1 aromatic heterocycles. The minimum absolute atomic E-state index is 0.467. The van der Waals surface area contributed by atoms with Crippen molar-refractivity contribution < 1.29 is 14.0 Å². The highest BCUT2D eigenvalue weighted by Crippen LogP contribution is 2.05. The summed E-state index contributed by atoms with van der Waals surface area (Å²) in [4.78, 5) is 4.48. The third-order valence-electron chi connectivity index (χ3n) is 3.26. The fourth-order valence-corrected chi connectivity index (χ4v) is 1.91. The molecule has 0 fully saturated rings. The van der Waals surface area contributed by atoms with Crippen molar-refractivity contribution in [3.63, 3.8) is 0 Å². The lowest BCUT2D eigenvalue weighted by molar-refractivity contribution is 0.0487. The summed E-state index contributed by atoms with van der Waals surface area (Å²) < 4.78 is 16.2. The molecule has 1 rings (SSSR count). The number of ether oxygens (including phenoxy) is 2. The van der Waals surface area contributed by atoms with Crippen molar-refractivity contribution in [2.24, 2.45) is 4.99 Å². The van der Waals surface area contributed by atoms with Crippen molar-refractivity contribution in [2.45, 2.75) is 46.6 Å². The van der Waals surface area contributed by atoms with Crippen LogP contribution in [0.2, 0.25) is 0 Å². The van der Waals surface area contributed by atoms with Crippen molar-refractivity contribution in [1.29, 1.82) is 0 Å². The van der Waals surface area contributed by atoms with Gasteiger partial charge in [-0.15, -0.1) is 0 Å². The molecule has 24 heavy (non-hydrogen) atoms. The number of rotatable bonds is 13. The topological polar surface area (TPSA) is 80.9 Å². The highest BCUT2D eigenvalue weighted by atomic mass is 16.5. The van der Waals surface area contributed by atoms with Crippen LogP contribution in [-0.4, -0.2) is 50.6 Å². The summed E-state index contributed by atoms with van der Waals surface area (Å²) in [5.74, 6) is 1.51. The second-order valence-corrected chi connectivity index (χ2v) is 5.34. The zero-order valence-electron chi connectivity index (χ0n) is 15.3. The van der Waals surface area contributed by atoms with Crippen LogP contribution >= 0.6 is 0 Å². The van der Waals surface area contributed by atoms with E-state index < -0.39 is 0 Å². The van der Waals surface area contributed by atoms with Gasteiger partial charge in [-0.2, -0.15) is 0 Å². The van der Waals surface area contributed by atoms with E-state index in [0.717, 1.165) is 49.8 Å². The van der Waals surface area contributed by atoms with Crippen molar-refractivity contribution in [3.05, 3.63) is 17.5 Å². The Labute approximate surface area is 145 Å². The van der Waals surface area contributed by atoms with E-state index in [-0.39, 0.29) is 0 Å². The van der Waals surface area contributed by atoms with E-state index >= 15 is 0 Å². The molecule has 138 valence electrons. The summed E-state index contributed by atoms with van der Waals surface area (Å²) in [6, 6.07) is 1.94.